The Labute approximate surface area is 447 Å². The molecule has 0 heterocycles. The van der Waals surface area contributed by atoms with E-state index < -0.39 is 24.3 Å². The van der Waals surface area contributed by atoms with Gasteiger partial charge in [0.25, 0.3) is 6.29 Å². The van der Waals surface area contributed by atoms with E-state index in [4.69, 9.17) is 18.9 Å². The number of aliphatic carboxylic acids is 1. The summed E-state index contributed by atoms with van der Waals surface area (Å²) in [5.74, 6) is -2.03. The summed E-state index contributed by atoms with van der Waals surface area (Å²) >= 11 is 0. The maximum absolute atomic E-state index is 12.9. The van der Waals surface area contributed by atoms with Gasteiger partial charge < -0.3 is 28.5 Å². The van der Waals surface area contributed by atoms with Gasteiger partial charge in [-0.2, -0.15) is 0 Å². The van der Waals surface area contributed by atoms with Crippen LogP contribution in [0.3, 0.4) is 0 Å². The van der Waals surface area contributed by atoms with E-state index in [2.05, 4.69) is 123 Å². The number of rotatable bonds is 52. The number of hydrogen-bond donors (Lipinski definition) is 1. The average Bonchev–Trinajstić information content (AvgIpc) is 3.36. The molecule has 0 fully saturated rings. The molecule has 1 N–H and O–H groups in total. The van der Waals surface area contributed by atoms with Crippen LogP contribution in [-0.2, 0) is 33.3 Å². The molecule has 0 spiro atoms. The van der Waals surface area contributed by atoms with Crippen molar-refractivity contribution in [2.24, 2.45) is 0 Å². The van der Waals surface area contributed by atoms with Crippen molar-refractivity contribution in [3.8, 4) is 0 Å². The fraction of sp³-hybridized carbons (Fsp3) is 0.672. The highest BCUT2D eigenvalue weighted by Gasteiger charge is 2.25. The highest BCUT2D eigenvalue weighted by molar-refractivity contribution is 5.71. The largest absolute Gasteiger partial charge is 0.477 e. The predicted molar refractivity (Wildman–Crippen MR) is 308 cm³/mol. The summed E-state index contributed by atoms with van der Waals surface area (Å²) in [6, 6.07) is 0. The van der Waals surface area contributed by atoms with Crippen LogP contribution in [0, 0.1) is 0 Å². The Balaban J connectivity index is 4.19. The number of nitrogens with zero attached hydrogens (tertiary/aromatic N) is 1. The highest BCUT2D eigenvalue weighted by Crippen LogP contribution is 2.15. The van der Waals surface area contributed by atoms with Gasteiger partial charge in [-0.3, -0.25) is 9.59 Å². The molecular weight excluding hydrogens is 911 g/mol. The number of unbranched alkanes of at least 4 members (excludes halogenated alkanes) is 19. The third-order valence-electron chi connectivity index (χ3n) is 12.0. The second-order valence-corrected chi connectivity index (χ2v) is 20.2. The fourth-order valence-corrected chi connectivity index (χ4v) is 7.55. The van der Waals surface area contributed by atoms with Gasteiger partial charge in [0.1, 0.15) is 13.2 Å². The Morgan fingerprint density at radius 1 is 0.425 bits per heavy atom. The van der Waals surface area contributed by atoms with Gasteiger partial charge in [-0.1, -0.05) is 213 Å². The minimum Gasteiger partial charge on any atom is -0.477 e. The molecule has 0 amide bonds. The number of allylic oxidation sites excluding steroid dienone is 18. The van der Waals surface area contributed by atoms with Crippen molar-refractivity contribution < 1.29 is 42.9 Å². The number of carboxylic acids is 1. The van der Waals surface area contributed by atoms with E-state index >= 15 is 0 Å². The number of carboxylic acid groups (broad SMARTS) is 1. The second kappa shape index (κ2) is 54.2. The third kappa shape index (κ3) is 55.5. The van der Waals surface area contributed by atoms with Crippen molar-refractivity contribution in [2.45, 2.75) is 232 Å². The van der Waals surface area contributed by atoms with E-state index in [1.54, 1.807) is 0 Å². The Morgan fingerprint density at radius 2 is 0.781 bits per heavy atom. The summed E-state index contributed by atoms with van der Waals surface area (Å²) in [5, 5.41) is 9.68. The molecule has 0 rings (SSSR count). The van der Waals surface area contributed by atoms with Gasteiger partial charge in [-0.05, 0) is 103 Å². The fourth-order valence-electron chi connectivity index (χ4n) is 7.55. The average molecular weight is 1020 g/mol. The highest BCUT2D eigenvalue weighted by atomic mass is 16.7. The first-order chi connectivity index (χ1) is 35.6. The van der Waals surface area contributed by atoms with Crippen molar-refractivity contribution in [2.75, 3.05) is 47.5 Å². The van der Waals surface area contributed by atoms with Crippen molar-refractivity contribution in [1.82, 2.24) is 0 Å². The van der Waals surface area contributed by atoms with Crippen LogP contribution in [0.4, 0.5) is 0 Å². The molecule has 0 bridgehead atoms. The van der Waals surface area contributed by atoms with Crippen molar-refractivity contribution >= 4 is 17.9 Å². The van der Waals surface area contributed by atoms with E-state index in [9.17, 15) is 19.5 Å². The minimum atomic E-state index is -1.52. The Kier molecular flexibility index (Phi) is 51.2. The maximum Gasteiger partial charge on any atom is 0.361 e. The Bertz CT molecular complexity index is 1560. The zero-order chi connectivity index (χ0) is 53.4. The van der Waals surface area contributed by atoms with Crippen LogP contribution in [-0.4, -0.2) is 87.4 Å². The van der Waals surface area contributed by atoms with E-state index in [-0.39, 0.29) is 38.6 Å². The van der Waals surface area contributed by atoms with Crippen LogP contribution in [0.1, 0.15) is 219 Å². The third-order valence-corrected chi connectivity index (χ3v) is 12.0. The van der Waals surface area contributed by atoms with Gasteiger partial charge in [-0.15, -0.1) is 0 Å². The van der Waals surface area contributed by atoms with E-state index in [1.807, 2.05) is 21.1 Å². The first-order valence-corrected chi connectivity index (χ1v) is 29.1. The topological polar surface area (TPSA) is 108 Å². The molecule has 0 radical (unpaired) electrons. The summed E-state index contributed by atoms with van der Waals surface area (Å²) in [7, 11) is 5.95. The summed E-state index contributed by atoms with van der Waals surface area (Å²) in [5.41, 5.74) is 0. The number of carbonyl (C=O) groups excluding carboxylic acids is 2. The van der Waals surface area contributed by atoms with E-state index in [0.29, 0.717) is 17.4 Å². The van der Waals surface area contributed by atoms with Crippen LogP contribution >= 0.6 is 0 Å². The van der Waals surface area contributed by atoms with Crippen LogP contribution in [0.15, 0.2) is 109 Å². The zero-order valence-electron chi connectivity index (χ0n) is 47.3. The van der Waals surface area contributed by atoms with Gasteiger partial charge in [0.2, 0.25) is 0 Å². The first kappa shape index (κ1) is 69.0. The van der Waals surface area contributed by atoms with Crippen LogP contribution in [0.5, 0.6) is 0 Å². The van der Waals surface area contributed by atoms with Gasteiger partial charge in [-0.25, -0.2) is 4.79 Å². The lowest BCUT2D eigenvalue weighted by molar-refractivity contribution is -0.870. The minimum absolute atomic E-state index is 0.181. The monoisotopic (exact) mass is 1020 g/mol. The molecule has 0 aliphatic carbocycles. The molecular formula is C64H108NO8+. The molecule has 9 heteroatoms. The van der Waals surface area contributed by atoms with Crippen LogP contribution in [0.25, 0.3) is 0 Å². The maximum atomic E-state index is 12.9. The number of quaternary nitrogens is 1. The van der Waals surface area contributed by atoms with Crippen molar-refractivity contribution in [1.29, 1.82) is 0 Å². The van der Waals surface area contributed by atoms with Crippen LogP contribution in [0.2, 0.25) is 0 Å². The number of likely N-dealkylation sites (N-methyl/N-ethyl adjacent to an activating group) is 1. The number of ether oxygens (including phenoxy) is 4. The second-order valence-electron chi connectivity index (χ2n) is 20.2. The Hall–Kier alpha value is -4.05. The summed E-state index contributed by atoms with van der Waals surface area (Å²) in [6.07, 6.45) is 71.7. The van der Waals surface area contributed by atoms with Crippen molar-refractivity contribution in [3.63, 3.8) is 0 Å². The van der Waals surface area contributed by atoms with Gasteiger partial charge in [0, 0.05) is 12.8 Å². The summed E-state index contributed by atoms with van der Waals surface area (Å²) in [6.45, 7) is 4.72. The van der Waals surface area contributed by atoms with E-state index in [1.165, 1.54) is 70.6 Å². The van der Waals surface area contributed by atoms with E-state index in [0.717, 1.165) is 116 Å². The molecule has 0 aliphatic rings. The molecule has 0 aromatic carbocycles. The molecule has 0 aliphatic heterocycles. The molecule has 0 saturated carbocycles. The molecule has 2 unspecified atom stereocenters. The van der Waals surface area contributed by atoms with Gasteiger partial charge >= 0.3 is 17.9 Å². The number of esters is 2. The van der Waals surface area contributed by atoms with Crippen LogP contribution < -0.4 is 0 Å². The lowest BCUT2D eigenvalue weighted by Crippen LogP contribution is -2.40. The van der Waals surface area contributed by atoms with Crippen molar-refractivity contribution in [3.05, 3.63) is 109 Å². The summed E-state index contributed by atoms with van der Waals surface area (Å²) < 4.78 is 22.8. The lowest BCUT2D eigenvalue weighted by Gasteiger charge is -2.25. The lowest BCUT2D eigenvalue weighted by atomic mass is 10.0. The SMILES string of the molecule is CC/C=C\C/C=C\C/C=C\C/C=C\C/C=C\C/C=C\C/C=C\C/C=C\CCCCCCCCCCCCC(=O)OC(COC(=O)CCCCCCC/C=C\CCCCCC)COC(OCC[N+](C)(C)C)C(=O)O. The standard InChI is InChI=1S/C64H107NO8/c1-6-8-10-12-14-16-18-20-21-22-23-24-25-26-27-28-29-30-31-32-33-34-35-36-37-38-39-40-41-43-45-47-49-51-53-55-62(67)73-60(59-72-64(63(68)69)70-57-56-65(3,4)5)58-71-61(66)54-52-50-48-46-44-42-19-17-15-13-11-9-7-2/h8,10,14,16-17,19-21,23-24,26-27,29-30,32-33,35-36,60,64H,6-7,9,11-13,15,18,22,25,28,31,34,37-59H2,1-5H3/p+1/b10-8-,16-14-,19-17-,21-20-,24-23-,27-26-,30-29-,33-32-,36-35-. The predicted octanol–water partition coefficient (Wildman–Crippen LogP) is 17.1. The molecule has 2 atom stereocenters. The molecule has 73 heavy (non-hydrogen) atoms. The molecule has 0 aromatic rings. The molecule has 0 aromatic heterocycles. The smallest absolute Gasteiger partial charge is 0.361 e. The molecule has 9 nitrogen and oxygen atoms in total. The number of hydrogen-bond acceptors (Lipinski definition) is 7. The number of carbonyl (C=O) groups is 3. The van der Waals surface area contributed by atoms with Gasteiger partial charge in [0.05, 0.1) is 34.4 Å². The molecule has 0 saturated heterocycles. The zero-order valence-corrected chi connectivity index (χ0v) is 47.3. The van der Waals surface area contributed by atoms with Gasteiger partial charge in [0.15, 0.2) is 6.10 Å². The Morgan fingerprint density at radius 3 is 1.18 bits per heavy atom. The quantitative estimate of drug-likeness (QED) is 0.0211. The summed E-state index contributed by atoms with van der Waals surface area (Å²) in [4.78, 5) is 37.3. The molecule has 416 valence electrons. The normalized spacial score (nSPS) is 13.6. The first-order valence-electron chi connectivity index (χ1n) is 29.1.